The quantitative estimate of drug-likeness (QED) is 0.873. The molecule has 25 heavy (non-hydrogen) atoms. The molecule has 1 unspecified atom stereocenters. The molecule has 1 aromatic heterocycles. The molecular formula is C20H24N4O. The molecule has 1 N–H and O–H groups in total. The van der Waals surface area contributed by atoms with Gasteiger partial charge >= 0.3 is 0 Å². The minimum absolute atomic E-state index is 0.307. The molecule has 2 heterocycles. The standard InChI is InChI=1S/C20H24N4O/c1-25-19-9-5-16(6-10-19)20(24-11-3-2-4-12-24)15-23-18-8-7-17(13-21)22-14-18/h5-10,14,20,23H,2-4,11-12,15H2,1H3. The largest absolute Gasteiger partial charge is 0.497 e. The molecule has 1 fully saturated rings. The highest BCUT2D eigenvalue weighted by Gasteiger charge is 2.22. The van der Waals surface area contributed by atoms with Gasteiger partial charge in [0.2, 0.25) is 0 Å². The molecule has 0 amide bonds. The molecule has 0 radical (unpaired) electrons. The Kier molecular flexibility index (Phi) is 5.86. The lowest BCUT2D eigenvalue weighted by atomic mass is 10.0. The summed E-state index contributed by atoms with van der Waals surface area (Å²) < 4.78 is 5.28. The van der Waals surface area contributed by atoms with Gasteiger partial charge in [-0.05, 0) is 55.8 Å². The number of anilines is 1. The molecule has 1 aliphatic heterocycles. The van der Waals surface area contributed by atoms with Crippen molar-refractivity contribution in [1.82, 2.24) is 9.88 Å². The number of rotatable bonds is 6. The van der Waals surface area contributed by atoms with Crippen LogP contribution in [0.25, 0.3) is 0 Å². The van der Waals surface area contributed by atoms with E-state index in [9.17, 15) is 0 Å². The van der Waals surface area contributed by atoms with E-state index in [1.807, 2.05) is 24.3 Å². The molecule has 130 valence electrons. The number of hydrogen-bond acceptors (Lipinski definition) is 5. The number of nitriles is 1. The number of methoxy groups -OCH3 is 1. The lowest BCUT2D eigenvalue weighted by Gasteiger charge is -2.35. The van der Waals surface area contributed by atoms with E-state index in [1.165, 1.54) is 24.8 Å². The van der Waals surface area contributed by atoms with Gasteiger partial charge in [-0.1, -0.05) is 18.6 Å². The number of piperidine rings is 1. The summed E-state index contributed by atoms with van der Waals surface area (Å²) in [6, 6.07) is 14.4. The van der Waals surface area contributed by atoms with Gasteiger partial charge in [-0.25, -0.2) is 4.98 Å². The predicted octanol–water partition coefficient (Wildman–Crippen LogP) is 3.60. The zero-order valence-electron chi connectivity index (χ0n) is 14.6. The molecule has 5 nitrogen and oxygen atoms in total. The molecule has 0 saturated carbocycles. The summed E-state index contributed by atoms with van der Waals surface area (Å²) in [6.07, 6.45) is 5.55. The molecule has 0 aliphatic carbocycles. The van der Waals surface area contributed by atoms with Gasteiger partial charge in [-0.2, -0.15) is 5.26 Å². The van der Waals surface area contributed by atoms with Crippen molar-refractivity contribution in [1.29, 1.82) is 5.26 Å². The second-order valence-electron chi connectivity index (χ2n) is 6.31. The average molecular weight is 336 g/mol. The van der Waals surface area contributed by atoms with Crippen LogP contribution >= 0.6 is 0 Å². The highest BCUT2D eigenvalue weighted by molar-refractivity contribution is 5.43. The number of benzene rings is 1. The van der Waals surface area contributed by atoms with Crippen LogP contribution in [-0.2, 0) is 0 Å². The molecule has 0 spiro atoms. The monoisotopic (exact) mass is 336 g/mol. The fourth-order valence-electron chi connectivity index (χ4n) is 3.29. The normalized spacial score (nSPS) is 16.0. The molecule has 1 saturated heterocycles. The number of nitrogens with zero attached hydrogens (tertiary/aromatic N) is 3. The van der Waals surface area contributed by atoms with Gasteiger partial charge in [0.05, 0.1) is 25.0 Å². The number of pyridine rings is 1. The third-order valence-electron chi connectivity index (χ3n) is 4.71. The number of likely N-dealkylation sites (tertiary alicyclic amines) is 1. The number of ether oxygens (including phenoxy) is 1. The van der Waals surface area contributed by atoms with Crippen LogP contribution in [0.5, 0.6) is 5.75 Å². The Morgan fingerprint density at radius 1 is 1.16 bits per heavy atom. The minimum atomic E-state index is 0.307. The van der Waals surface area contributed by atoms with Gasteiger partial charge in [0.15, 0.2) is 0 Å². The van der Waals surface area contributed by atoms with Crippen LogP contribution < -0.4 is 10.1 Å². The van der Waals surface area contributed by atoms with Gasteiger partial charge < -0.3 is 10.1 Å². The lowest BCUT2D eigenvalue weighted by Crippen LogP contribution is -2.37. The zero-order chi connectivity index (χ0) is 17.5. The summed E-state index contributed by atoms with van der Waals surface area (Å²) in [6.45, 7) is 3.06. The molecule has 0 bridgehead atoms. The van der Waals surface area contributed by atoms with Gasteiger partial charge in [-0.3, -0.25) is 4.90 Å². The van der Waals surface area contributed by atoms with E-state index >= 15 is 0 Å². The smallest absolute Gasteiger partial charge is 0.140 e. The average Bonchev–Trinajstić information content (AvgIpc) is 2.70. The Bertz CT molecular complexity index is 700. The fraction of sp³-hybridized carbons (Fsp3) is 0.400. The third-order valence-corrected chi connectivity index (χ3v) is 4.71. The fourth-order valence-corrected chi connectivity index (χ4v) is 3.29. The molecular weight excluding hydrogens is 312 g/mol. The van der Waals surface area contributed by atoms with Crippen molar-refractivity contribution in [3.63, 3.8) is 0 Å². The van der Waals surface area contributed by atoms with Crippen LogP contribution in [-0.4, -0.2) is 36.6 Å². The van der Waals surface area contributed by atoms with Crippen LogP contribution in [0.2, 0.25) is 0 Å². The maximum Gasteiger partial charge on any atom is 0.140 e. The van der Waals surface area contributed by atoms with E-state index in [1.54, 1.807) is 19.4 Å². The van der Waals surface area contributed by atoms with Crippen LogP contribution in [0, 0.1) is 11.3 Å². The van der Waals surface area contributed by atoms with Gasteiger partial charge in [0.1, 0.15) is 17.5 Å². The van der Waals surface area contributed by atoms with E-state index in [0.717, 1.165) is 31.1 Å². The summed E-state index contributed by atoms with van der Waals surface area (Å²) in [7, 11) is 1.69. The molecule has 1 aromatic carbocycles. The van der Waals surface area contributed by atoms with E-state index in [-0.39, 0.29) is 0 Å². The van der Waals surface area contributed by atoms with Crippen molar-refractivity contribution in [2.45, 2.75) is 25.3 Å². The molecule has 3 rings (SSSR count). The Hall–Kier alpha value is -2.58. The number of hydrogen-bond donors (Lipinski definition) is 1. The summed E-state index contributed by atoms with van der Waals surface area (Å²) in [5.41, 5.74) is 2.67. The highest BCUT2D eigenvalue weighted by Crippen LogP contribution is 2.26. The lowest BCUT2D eigenvalue weighted by molar-refractivity contribution is 0.170. The van der Waals surface area contributed by atoms with Crippen molar-refractivity contribution in [2.75, 3.05) is 32.1 Å². The van der Waals surface area contributed by atoms with Gasteiger partial charge in [-0.15, -0.1) is 0 Å². The maximum atomic E-state index is 8.86. The first-order valence-electron chi connectivity index (χ1n) is 8.78. The first kappa shape index (κ1) is 17.2. The topological polar surface area (TPSA) is 61.2 Å². The summed E-state index contributed by atoms with van der Waals surface area (Å²) in [5, 5.41) is 12.3. The van der Waals surface area contributed by atoms with Crippen LogP contribution in [0.1, 0.15) is 36.6 Å². The highest BCUT2D eigenvalue weighted by atomic mass is 16.5. The Labute approximate surface area is 149 Å². The van der Waals surface area contributed by atoms with E-state index < -0.39 is 0 Å². The molecule has 1 atom stereocenters. The first-order valence-corrected chi connectivity index (χ1v) is 8.78. The Morgan fingerprint density at radius 2 is 1.92 bits per heavy atom. The molecule has 1 aliphatic rings. The number of nitrogens with one attached hydrogen (secondary N) is 1. The van der Waals surface area contributed by atoms with E-state index in [4.69, 9.17) is 10.00 Å². The number of aromatic nitrogens is 1. The van der Waals surface area contributed by atoms with Gasteiger partial charge in [0, 0.05) is 6.54 Å². The van der Waals surface area contributed by atoms with E-state index in [2.05, 4.69) is 27.3 Å². The minimum Gasteiger partial charge on any atom is -0.497 e. The summed E-state index contributed by atoms with van der Waals surface area (Å²) in [5.74, 6) is 0.880. The van der Waals surface area contributed by atoms with E-state index in [0.29, 0.717) is 11.7 Å². The molecule has 2 aromatic rings. The SMILES string of the molecule is COc1ccc(C(CNc2ccc(C#N)nc2)N2CCCCC2)cc1. The van der Waals surface area contributed by atoms with Crippen LogP contribution in [0.15, 0.2) is 42.6 Å². The third kappa shape index (κ3) is 4.49. The predicted molar refractivity (Wildman–Crippen MR) is 98.6 cm³/mol. The van der Waals surface area contributed by atoms with Crippen LogP contribution in [0.3, 0.4) is 0 Å². The van der Waals surface area contributed by atoms with Crippen molar-refractivity contribution in [3.05, 3.63) is 53.9 Å². The Balaban J connectivity index is 1.73. The zero-order valence-corrected chi connectivity index (χ0v) is 14.6. The van der Waals surface area contributed by atoms with Gasteiger partial charge in [0.25, 0.3) is 0 Å². The maximum absolute atomic E-state index is 8.86. The van der Waals surface area contributed by atoms with Crippen LogP contribution in [0.4, 0.5) is 5.69 Å². The Morgan fingerprint density at radius 3 is 2.52 bits per heavy atom. The second kappa shape index (κ2) is 8.50. The first-order chi connectivity index (χ1) is 12.3. The summed E-state index contributed by atoms with van der Waals surface area (Å²) in [4.78, 5) is 6.68. The second-order valence-corrected chi connectivity index (χ2v) is 6.31. The van der Waals surface area contributed by atoms with Crippen molar-refractivity contribution < 1.29 is 4.74 Å². The van der Waals surface area contributed by atoms with Crippen molar-refractivity contribution >= 4 is 5.69 Å². The molecule has 5 heteroatoms. The summed E-state index contributed by atoms with van der Waals surface area (Å²) >= 11 is 0. The van der Waals surface area contributed by atoms with Crippen molar-refractivity contribution in [2.24, 2.45) is 0 Å². The van der Waals surface area contributed by atoms with Crippen molar-refractivity contribution in [3.8, 4) is 11.8 Å².